The van der Waals surface area contributed by atoms with Crippen LogP contribution in [-0.4, -0.2) is 80.1 Å². The van der Waals surface area contributed by atoms with E-state index >= 15 is 0 Å². The average Bonchev–Trinajstić information content (AvgIpc) is 3.09. The molecule has 0 saturated carbocycles. The van der Waals surface area contributed by atoms with Crippen molar-refractivity contribution in [3.8, 4) is 5.75 Å². The molecule has 2 heterocycles. The SMILES string of the molecule is CC1CN(C(C)CO)C(=O)c2cccc(NCNc3cccc4ccccc34)c2OC1CN(C)S(=O)(=O)c1ccc2c(c1)CCC(=O)N2. The first-order chi connectivity index (χ1) is 23.1. The zero-order valence-corrected chi connectivity index (χ0v) is 28.1. The van der Waals surface area contributed by atoms with Gasteiger partial charge in [0.2, 0.25) is 15.9 Å². The van der Waals surface area contributed by atoms with Crippen LogP contribution in [0.15, 0.2) is 83.8 Å². The Kier molecular flexibility index (Phi) is 9.58. The summed E-state index contributed by atoms with van der Waals surface area (Å²) in [6, 6.07) is 23.7. The normalized spacial score (nSPS) is 18.6. The van der Waals surface area contributed by atoms with Gasteiger partial charge in [0, 0.05) is 42.7 Å². The molecule has 3 atom stereocenters. The van der Waals surface area contributed by atoms with Crippen molar-refractivity contribution >= 4 is 49.7 Å². The summed E-state index contributed by atoms with van der Waals surface area (Å²) in [6.07, 6.45) is 0.122. The first-order valence-electron chi connectivity index (χ1n) is 16.1. The maximum atomic E-state index is 13.9. The van der Waals surface area contributed by atoms with Gasteiger partial charge >= 0.3 is 0 Å². The first-order valence-corrected chi connectivity index (χ1v) is 17.6. The van der Waals surface area contributed by atoms with Crippen molar-refractivity contribution in [3.63, 3.8) is 0 Å². The molecule has 2 aliphatic heterocycles. The minimum absolute atomic E-state index is 0.00882. The van der Waals surface area contributed by atoms with Gasteiger partial charge in [-0.15, -0.1) is 0 Å². The largest absolute Gasteiger partial charge is 0.486 e. The topological polar surface area (TPSA) is 140 Å². The van der Waals surface area contributed by atoms with Crippen LogP contribution in [0.2, 0.25) is 0 Å². The number of anilines is 3. The fourth-order valence-electron chi connectivity index (χ4n) is 6.27. The van der Waals surface area contributed by atoms with E-state index in [1.165, 1.54) is 17.4 Å². The van der Waals surface area contributed by atoms with E-state index in [-0.39, 0.29) is 42.3 Å². The summed E-state index contributed by atoms with van der Waals surface area (Å²) < 4.78 is 35.6. The van der Waals surface area contributed by atoms with Crippen LogP contribution in [0.25, 0.3) is 10.8 Å². The van der Waals surface area contributed by atoms with Gasteiger partial charge in [-0.1, -0.05) is 49.4 Å². The molecule has 48 heavy (non-hydrogen) atoms. The summed E-state index contributed by atoms with van der Waals surface area (Å²) in [5.41, 5.74) is 3.24. The molecule has 6 rings (SSSR count). The van der Waals surface area contributed by atoms with Crippen molar-refractivity contribution in [2.45, 2.75) is 43.7 Å². The van der Waals surface area contributed by atoms with E-state index in [0.717, 1.165) is 22.0 Å². The Morgan fingerprint density at radius 2 is 1.73 bits per heavy atom. The van der Waals surface area contributed by atoms with Crippen LogP contribution in [0.1, 0.15) is 36.2 Å². The number of carbonyl (C=O) groups excluding carboxylic acids is 2. The number of amides is 2. The number of likely N-dealkylation sites (N-methyl/N-ethyl adjacent to an activating group) is 1. The molecule has 4 aromatic rings. The Labute approximate surface area is 280 Å². The zero-order chi connectivity index (χ0) is 34.0. The Bertz CT molecular complexity index is 1950. The molecule has 0 spiro atoms. The summed E-state index contributed by atoms with van der Waals surface area (Å²) in [6.45, 7) is 4.07. The number of rotatable bonds is 10. The molecule has 2 aliphatic rings. The van der Waals surface area contributed by atoms with Crippen LogP contribution in [0.5, 0.6) is 5.75 Å². The van der Waals surface area contributed by atoms with E-state index in [1.54, 1.807) is 36.1 Å². The summed E-state index contributed by atoms with van der Waals surface area (Å²) in [4.78, 5) is 27.5. The molecular formula is C36H41N5O6S. The maximum Gasteiger partial charge on any atom is 0.258 e. The van der Waals surface area contributed by atoms with Crippen molar-refractivity contribution in [2.24, 2.45) is 5.92 Å². The number of hydrogen-bond donors (Lipinski definition) is 4. The summed E-state index contributed by atoms with van der Waals surface area (Å²) >= 11 is 0. The molecule has 0 bridgehead atoms. The molecule has 0 fully saturated rings. The second kappa shape index (κ2) is 13.8. The number of fused-ring (bicyclic) bond motifs is 3. The molecule has 2 amide bonds. The Hall–Kier alpha value is -4.65. The molecule has 0 aromatic heterocycles. The van der Waals surface area contributed by atoms with Crippen LogP contribution < -0.4 is 20.7 Å². The highest BCUT2D eigenvalue weighted by Crippen LogP contribution is 2.36. The van der Waals surface area contributed by atoms with E-state index in [9.17, 15) is 23.1 Å². The third kappa shape index (κ3) is 6.69. The van der Waals surface area contributed by atoms with E-state index in [1.807, 2.05) is 43.3 Å². The molecule has 12 heteroatoms. The maximum absolute atomic E-state index is 13.9. The van der Waals surface area contributed by atoms with Gasteiger partial charge in [-0.2, -0.15) is 4.31 Å². The number of carbonyl (C=O) groups is 2. The molecule has 0 aliphatic carbocycles. The van der Waals surface area contributed by atoms with Gasteiger partial charge in [-0.05, 0) is 60.7 Å². The average molecular weight is 672 g/mol. The van der Waals surface area contributed by atoms with Crippen molar-refractivity contribution < 1.29 is 27.9 Å². The molecular weight excluding hydrogens is 630 g/mol. The fraction of sp³-hybridized carbons (Fsp3) is 0.333. The number of hydrogen-bond acceptors (Lipinski definition) is 8. The van der Waals surface area contributed by atoms with Gasteiger partial charge in [-0.25, -0.2) is 8.42 Å². The predicted molar refractivity (Wildman–Crippen MR) is 187 cm³/mol. The van der Waals surface area contributed by atoms with Crippen LogP contribution in [-0.2, 0) is 21.2 Å². The highest BCUT2D eigenvalue weighted by atomic mass is 32.2. The van der Waals surface area contributed by atoms with Crippen LogP contribution in [0.4, 0.5) is 17.1 Å². The van der Waals surface area contributed by atoms with Crippen LogP contribution in [0.3, 0.4) is 0 Å². The van der Waals surface area contributed by atoms with Crippen LogP contribution >= 0.6 is 0 Å². The van der Waals surface area contributed by atoms with E-state index in [2.05, 4.69) is 28.1 Å². The van der Waals surface area contributed by atoms with Gasteiger partial charge in [-0.3, -0.25) is 9.59 Å². The molecule has 252 valence electrons. The number of para-hydroxylation sites is 1. The van der Waals surface area contributed by atoms with E-state index in [4.69, 9.17) is 4.74 Å². The third-order valence-corrected chi connectivity index (χ3v) is 11.0. The fourth-order valence-corrected chi connectivity index (χ4v) is 7.50. The number of nitrogens with one attached hydrogen (secondary N) is 3. The lowest BCUT2D eigenvalue weighted by molar-refractivity contribution is -0.116. The summed E-state index contributed by atoms with van der Waals surface area (Å²) in [7, 11) is -2.41. The molecule has 3 unspecified atom stereocenters. The molecule has 0 saturated heterocycles. The van der Waals surface area contributed by atoms with Gasteiger partial charge in [0.1, 0.15) is 6.10 Å². The van der Waals surface area contributed by atoms with Gasteiger partial charge in [0.25, 0.3) is 5.91 Å². The summed E-state index contributed by atoms with van der Waals surface area (Å²) in [5.74, 6) is -0.338. The second-order valence-corrected chi connectivity index (χ2v) is 14.6. The molecule has 4 N–H and O–H groups in total. The minimum Gasteiger partial charge on any atom is -0.486 e. The van der Waals surface area contributed by atoms with Gasteiger partial charge in [0.05, 0.1) is 42.0 Å². The van der Waals surface area contributed by atoms with Crippen molar-refractivity contribution in [2.75, 3.05) is 49.4 Å². The number of nitrogens with zero attached hydrogens (tertiary/aromatic N) is 2. The third-order valence-electron chi connectivity index (χ3n) is 9.16. The Morgan fingerprint density at radius 3 is 2.54 bits per heavy atom. The van der Waals surface area contributed by atoms with E-state index < -0.39 is 22.2 Å². The first kappa shape index (κ1) is 33.3. The number of aliphatic hydroxyl groups excluding tert-OH is 1. The minimum atomic E-state index is -3.93. The number of aryl methyl sites for hydroxylation is 1. The zero-order valence-electron chi connectivity index (χ0n) is 27.3. The monoisotopic (exact) mass is 671 g/mol. The number of benzene rings is 4. The van der Waals surface area contributed by atoms with E-state index in [0.29, 0.717) is 42.2 Å². The van der Waals surface area contributed by atoms with Gasteiger partial charge < -0.3 is 30.7 Å². The van der Waals surface area contributed by atoms with Crippen molar-refractivity contribution in [1.29, 1.82) is 0 Å². The molecule has 0 radical (unpaired) electrons. The lowest BCUT2D eigenvalue weighted by atomic mass is 9.99. The molecule has 4 aromatic carbocycles. The number of sulfonamides is 1. The quantitative estimate of drug-likeness (QED) is 0.177. The van der Waals surface area contributed by atoms with Crippen molar-refractivity contribution in [1.82, 2.24) is 9.21 Å². The number of ether oxygens (including phenoxy) is 1. The number of aliphatic hydroxyl groups is 1. The predicted octanol–water partition coefficient (Wildman–Crippen LogP) is 4.75. The van der Waals surface area contributed by atoms with Crippen molar-refractivity contribution in [3.05, 3.63) is 90.0 Å². The highest BCUT2D eigenvalue weighted by molar-refractivity contribution is 7.89. The smallest absolute Gasteiger partial charge is 0.258 e. The summed E-state index contributed by atoms with van der Waals surface area (Å²) in [5, 5.41) is 21.8. The van der Waals surface area contributed by atoms with Gasteiger partial charge in [0.15, 0.2) is 5.75 Å². The van der Waals surface area contributed by atoms with Crippen LogP contribution in [0, 0.1) is 5.92 Å². The highest BCUT2D eigenvalue weighted by Gasteiger charge is 2.36. The standard InChI is InChI=1S/C36H41N5O6S/c1-23-19-41(24(2)21-42)36(44)29-11-7-13-32(38-22-37-31-12-6-9-25-8-4-5-10-28(25)31)35(29)47-33(23)20-40(3)48(45,46)27-15-16-30-26(18-27)14-17-34(43)39-30/h4-13,15-16,18,23-24,33,37-38,42H,14,17,19-22H2,1-3H3,(H,39,43). The molecule has 11 nitrogen and oxygen atoms in total. The second-order valence-electron chi connectivity index (χ2n) is 12.5. The Balaban J connectivity index is 1.28. The lowest BCUT2D eigenvalue weighted by Gasteiger charge is -2.38. The lowest BCUT2D eigenvalue weighted by Crippen LogP contribution is -2.50. The Morgan fingerprint density at radius 1 is 1.00 bits per heavy atom.